The maximum Gasteiger partial charge on any atom is 0.263 e. The molecule has 19 heavy (non-hydrogen) atoms. The predicted molar refractivity (Wildman–Crippen MR) is 71.8 cm³/mol. The molecule has 4 rings (SSSR count). The minimum atomic E-state index is -0.277. The summed E-state index contributed by atoms with van der Waals surface area (Å²) in [5, 5.41) is 0.804. The van der Waals surface area contributed by atoms with Crippen LogP contribution in [-0.2, 0) is 0 Å². The molecule has 3 aromatic rings. The highest BCUT2D eigenvalue weighted by Crippen LogP contribution is 2.40. The van der Waals surface area contributed by atoms with E-state index in [1.54, 1.807) is 10.6 Å². The summed E-state index contributed by atoms with van der Waals surface area (Å²) in [5.74, 6) is -0.309. The summed E-state index contributed by atoms with van der Waals surface area (Å²) in [7, 11) is 0. The second-order valence-corrected chi connectivity index (χ2v) is 4.82. The first-order valence-electron chi connectivity index (χ1n) is 6.13. The van der Waals surface area contributed by atoms with E-state index in [0.29, 0.717) is 5.56 Å². The molecule has 3 heteroatoms. The molecule has 0 saturated carbocycles. The first-order chi connectivity index (χ1) is 9.18. The molecule has 2 nitrogen and oxygen atoms in total. The number of hydrogen-bond donors (Lipinski definition) is 0. The quantitative estimate of drug-likeness (QED) is 0.466. The molecule has 0 aliphatic carbocycles. The van der Waals surface area contributed by atoms with Crippen LogP contribution < -0.4 is 0 Å². The minimum Gasteiger partial charge on any atom is -0.275 e. The van der Waals surface area contributed by atoms with Gasteiger partial charge in [0, 0.05) is 16.5 Å². The summed E-state index contributed by atoms with van der Waals surface area (Å²) < 4.78 is 15.1. The van der Waals surface area contributed by atoms with E-state index in [4.69, 9.17) is 0 Å². The van der Waals surface area contributed by atoms with Gasteiger partial charge in [0.15, 0.2) is 0 Å². The smallest absolute Gasteiger partial charge is 0.263 e. The number of nitrogens with zero attached hydrogens (tertiary/aromatic N) is 1. The van der Waals surface area contributed by atoms with Gasteiger partial charge in [-0.1, -0.05) is 18.2 Å². The van der Waals surface area contributed by atoms with E-state index in [1.807, 2.05) is 31.2 Å². The fourth-order valence-corrected chi connectivity index (χ4v) is 2.95. The molecule has 0 fully saturated rings. The number of aromatic nitrogens is 1. The van der Waals surface area contributed by atoms with Gasteiger partial charge < -0.3 is 0 Å². The molecule has 0 unspecified atom stereocenters. The summed E-state index contributed by atoms with van der Waals surface area (Å²) >= 11 is 0. The van der Waals surface area contributed by atoms with E-state index in [2.05, 4.69) is 0 Å². The van der Waals surface area contributed by atoms with Crippen molar-refractivity contribution in [3.8, 4) is 11.3 Å². The van der Waals surface area contributed by atoms with Crippen molar-refractivity contribution in [2.75, 3.05) is 0 Å². The normalized spacial score (nSPS) is 12.8. The number of fused-ring (bicyclic) bond motifs is 5. The summed E-state index contributed by atoms with van der Waals surface area (Å²) in [5.41, 5.74) is 4.26. The third-order valence-corrected chi connectivity index (χ3v) is 3.80. The Kier molecular flexibility index (Phi) is 1.83. The Morgan fingerprint density at radius 1 is 1.05 bits per heavy atom. The fourth-order valence-electron chi connectivity index (χ4n) is 2.95. The highest BCUT2D eigenvalue weighted by atomic mass is 19.1. The number of rotatable bonds is 0. The van der Waals surface area contributed by atoms with Crippen molar-refractivity contribution in [3.63, 3.8) is 0 Å². The number of benzene rings is 2. The lowest BCUT2D eigenvalue weighted by molar-refractivity contribution is 0.0973. The summed E-state index contributed by atoms with van der Waals surface area (Å²) in [4.78, 5) is 12.5. The Morgan fingerprint density at radius 2 is 1.79 bits per heavy atom. The van der Waals surface area contributed by atoms with Gasteiger partial charge in [0.05, 0.1) is 11.2 Å². The van der Waals surface area contributed by atoms with Crippen LogP contribution in [0.5, 0.6) is 0 Å². The van der Waals surface area contributed by atoms with E-state index >= 15 is 0 Å². The number of carbonyl (C=O) groups excluding carboxylic acids is 1. The molecular weight excluding hydrogens is 241 g/mol. The zero-order valence-electron chi connectivity index (χ0n) is 10.3. The van der Waals surface area contributed by atoms with E-state index in [1.165, 1.54) is 12.1 Å². The molecule has 1 aliphatic heterocycles. The van der Waals surface area contributed by atoms with Gasteiger partial charge in [0.1, 0.15) is 5.82 Å². The average molecular weight is 251 g/mol. The van der Waals surface area contributed by atoms with Crippen LogP contribution in [-0.4, -0.2) is 10.5 Å². The minimum absolute atomic E-state index is 0.0321. The molecule has 0 N–H and O–H groups in total. The van der Waals surface area contributed by atoms with Gasteiger partial charge in [-0.25, -0.2) is 4.39 Å². The van der Waals surface area contributed by atoms with Crippen LogP contribution in [0.4, 0.5) is 4.39 Å². The standard InChI is InChI=1S/C16H10FNO/c1-9-13-8-10(17)6-7-14(13)18-15(9)11-4-2-3-5-12(11)16(18)19/h2-8H,1H3. The van der Waals surface area contributed by atoms with Gasteiger partial charge in [0.2, 0.25) is 0 Å². The molecule has 2 heterocycles. The van der Waals surface area contributed by atoms with Gasteiger partial charge in [0.25, 0.3) is 5.91 Å². The Bertz CT molecular complexity index is 861. The van der Waals surface area contributed by atoms with Crippen molar-refractivity contribution >= 4 is 16.8 Å². The third-order valence-electron chi connectivity index (χ3n) is 3.80. The third kappa shape index (κ3) is 1.17. The van der Waals surface area contributed by atoms with E-state index in [0.717, 1.165) is 27.7 Å². The molecule has 0 spiro atoms. The van der Waals surface area contributed by atoms with Gasteiger partial charge in [-0.05, 0) is 36.8 Å². The second-order valence-electron chi connectivity index (χ2n) is 4.82. The van der Waals surface area contributed by atoms with Gasteiger partial charge in [-0.3, -0.25) is 9.36 Å². The van der Waals surface area contributed by atoms with Crippen molar-refractivity contribution in [1.82, 2.24) is 4.57 Å². The van der Waals surface area contributed by atoms with Crippen LogP contribution in [0.15, 0.2) is 42.5 Å². The van der Waals surface area contributed by atoms with Gasteiger partial charge in [-0.15, -0.1) is 0 Å². The van der Waals surface area contributed by atoms with Crippen LogP contribution in [0.25, 0.3) is 22.2 Å². The molecule has 1 aliphatic rings. The van der Waals surface area contributed by atoms with Crippen molar-refractivity contribution < 1.29 is 9.18 Å². The maximum absolute atomic E-state index is 13.4. The predicted octanol–water partition coefficient (Wildman–Crippen LogP) is 3.76. The van der Waals surface area contributed by atoms with Gasteiger partial charge in [-0.2, -0.15) is 0 Å². The Labute approximate surface area is 109 Å². The average Bonchev–Trinajstić information content (AvgIpc) is 2.87. The largest absolute Gasteiger partial charge is 0.275 e. The first-order valence-corrected chi connectivity index (χ1v) is 6.13. The number of halogens is 1. The zero-order valence-corrected chi connectivity index (χ0v) is 10.3. The van der Waals surface area contributed by atoms with Crippen LogP contribution in [0.3, 0.4) is 0 Å². The van der Waals surface area contributed by atoms with Crippen molar-refractivity contribution in [1.29, 1.82) is 0 Å². The van der Waals surface area contributed by atoms with E-state index < -0.39 is 0 Å². The lowest BCUT2D eigenvalue weighted by Gasteiger charge is -1.99. The van der Waals surface area contributed by atoms with Crippen molar-refractivity contribution in [2.24, 2.45) is 0 Å². The SMILES string of the molecule is Cc1c2n(c3ccc(F)cc13)C(=O)c1ccccc1-2. The number of aryl methyl sites for hydroxylation is 1. The summed E-state index contributed by atoms with van der Waals surface area (Å²) in [6.07, 6.45) is 0. The Balaban J connectivity index is 2.21. The molecule has 0 radical (unpaired) electrons. The lowest BCUT2D eigenvalue weighted by Crippen LogP contribution is -2.05. The van der Waals surface area contributed by atoms with Crippen molar-refractivity contribution in [3.05, 3.63) is 59.4 Å². The van der Waals surface area contributed by atoms with E-state index in [-0.39, 0.29) is 11.7 Å². The molecule has 2 aromatic carbocycles. The number of hydrogen-bond acceptors (Lipinski definition) is 1. The molecule has 0 bridgehead atoms. The molecule has 0 saturated heterocycles. The summed E-state index contributed by atoms with van der Waals surface area (Å²) in [6, 6.07) is 12.1. The Hall–Kier alpha value is -2.42. The lowest BCUT2D eigenvalue weighted by atomic mass is 10.0. The maximum atomic E-state index is 13.4. The van der Waals surface area contributed by atoms with Crippen molar-refractivity contribution in [2.45, 2.75) is 6.92 Å². The fraction of sp³-hybridized carbons (Fsp3) is 0.0625. The van der Waals surface area contributed by atoms with E-state index in [9.17, 15) is 9.18 Å². The highest BCUT2D eigenvalue weighted by Gasteiger charge is 2.30. The molecule has 0 atom stereocenters. The molecule has 92 valence electrons. The monoisotopic (exact) mass is 251 g/mol. The first kappa shape index (κ1) is 10.5. The molecular formula is C16H10FNO. The Morgan fingerprint density at radius 3 is 2.58 bits per heavy atom. The van der Waals surface area contributed by atoms with Crippen LogP contribution in [0, 0.1) is 12.7 Å². The molecule has 1 aromatic heterocycles. The second kappa shape index (κ2) is 3.32. The summed E-state index contributed by atoms with van der Waals surface area (Å²) in [6.45, 7) is 1.93. The van der Waals surface area contributed by atoms with Crippen LogP contribution >= 0.6 is 0 Å². The van der Waals surface area contributed by atoms with Crippen LogP contribution in [0.2, 0.25) is 0 Å². The number of carbonyl (C=O) groups is 1. The molecule has 0 amide bonds. The van der Waals surface area contributed by atoms with Crippen LogP contribution in [0.1, 0.15) is 15.9 Å². The van der Waals surface area contributed by atoms with Gasteiger partial charge >= 0.3 is 0 Å². The topological polar surface area (TPSA) is 22.0 Å². The zero-order chi connectivity index (χ0) is 13.1. The highest BCUT2D eigenvalue weighted by molar-refractivity contribution is 6.15.